The van der Waals surface area contributed by atoms with Crippen molar-refractivity contribution in [3.63, 3.8) is 0 Å². The molecule has 1 fully saturated rings. The highest BCUT2D eigenvalue weighted by Crippen LogP contribution is 2.32. The van der Waals surface area contributed by atoms with Gasteiger partial charge in [-0.3, -0.25) is 9.98 Å². The number of fused-ring (bicyclic) bond motifs is 1. The topological polar surface area (TPSA) is 139 Å². The minimum Gasteiger partial charge on any atom is -0.388 e. The molecule has 2 aromatic heterocycles. The zero-order chi connectivity index (χ0) is 30.5. The van der Waals surface area contributed by atoms with E-state index in [1.807, 2.05) is 19.1 Å². The molecule has 0 spiro atoms. The van der Waals surface area contributed by atoms with Crippen LogP contribution in [0.4, 0.5) is 4.39 Å². The number of nitrogens with zero attached hydrogens (tertiary/aromatic N) is 2. The third-order valence-electron chi connectivity index (χ3n) is 8.32. The van der Waals surface area contributed by atoms with Crippen molar-refractivity contribution >= 4 is 28.5 Å². The van der Waals surface area contributed by atoms with E-state index in [-0.39, 0.29) is 22.9 Å². The number of H-pyrrole nitrogens is 1. The van der Waals surface area contributed by atoms with E-state index in [9.17, 15) is 4.79 Å². The van der Waals surface area contributed by atoms with Gasteiger partial charge < -0.3 is 21.8 Å². The summed E-state index contributed by atoms with van der Waals surface area (Å²) in [6, 6.07) is 14.1. The Morgan fingerprint density at radius 3 is 2.72 bits per heavy atom. The summed E-state index contributed by atoms with van der Waals surface area (Å²) in [6.45, 7) is 1.97. The van der Waals surface area contributed by atoms with E-state index in [1.165, 1.54) is 10.1 Å². The smallest absolute Gasteiger partial charge is 0.354 e. The van der Waals surface area contributed by atoms with Gasteiger partial charge in [0.2, 0.25) is 0 Å². The molecule has 1 aliphatic heterocycles. The average molecular weight is 606 g/mol. The quantitative estimate of drug-likeness (QED) is 0.0710. The van der Waals surface area contributed by atoms with E-state index in [4.69, 9.17) is 28.5 Å². The number of benzene rings is 2. The number of rotatable bonds is 12. The highest BCUT2D eigenvalue weighted by atomic mass is 35.5. The van der Waals surface area contributed by atoms with Crippen molar-refractivity contribution < 1.29 is 4.39 Å². The van der Waals surface area contributed by atoms with Gasteiger partial charge in [-0.15, -0.1) is 0 Å². The van der Waals surface area contributed by atoms with Gasteiger partial charge in [-0.2, -0.15) is 4.98 Å². The van der Waals surface area contributed by atoms with Crippen LogP contribution in [0.25, 0.3) is 28.0 Å². The lowest BCUT2D eigenvalue weighted by Crippen LogP contribution is -2.36. The van der Waals surface area contributed by atoms with Crippen molar-refractivity contribution in [2.75, 3.05) is 0 Å². The van der Waals surface area contributed by atoms with Gasteiger partial charge in [0.15, 0.2) is 5.82 Å². The van der Waals surface area contributed by atoms with E-state index < -0.39 is 11.5 Å². The predicted octanol–water partition coefficient (Wildman–Crippen LogP) is 6.52. The van der Waals surface area contributed by atoms with E-state index in [0.717, 1.165) is 63.4 Å². The van der Waals surface area contributed by atoms with Crippen LogP contribution >= 0.6 is 11.6 Å². The molecule has 5 rings (SSSR count). The summed E-state index contributed by atoms with van der Waals surface area (Å²) in [4.78, 5) is 20.4. The van der Waals surface area contributed by atoms with Gasteiger partial charge in [0.1, 0.15) is 5.65 Å². The molecule has 10 heteroatoms. The summed E-state index contributed by atoms with van der Waals surface area (Å²) >= 11 is 6.26. The molecule has 0 radical (unpaired) electrons. The molecular formula is C33H41ClFN7O. The second kappa shape index (κ2) is 13.8. The van der Waals surface area contributed by atoms with Crippen molar-refractivity contribution in [1.82, 2.24) is 19.9 Å². The lowest BCUT2D eigenvalue weighted by Gasteiger charge is -2.31. The number of halogens is 2. The minimum absolute atomic E-state index is 0.0614. The second-order valence-corrected chi connectivity index (χ2v) is 12.3. The van der Waals surface area contributed by atoms with Gasteiger partial charge in [-0.1, -0.05) is 36.6 Å². The third-order valence-corrected chi connectivity index (χ3v) is 8.59. The Bertz CT molecular complexity index is 1630. The summed E-state index contributed by atoms with van der Waals surface area (Å²) in [5, 5.41) is 11.9. The van der Waals surface area contributed by atoms with Gasteiger partial charge in [-0.05, 0) is 93.3 Å². The molecule has 0 saturated carbocycles. The number of unbranched alkanes of at least 4 members (excludes halogenated alkanes) is 1. The monoisotopic (exact) mass is 605 g/mol. The minimum atomic E-state index is -0.510. The number of nitrogens with one attached hydrogen (secondary N) is 3. The van der Waals surface area contributed by atoms with E-state index in [0.29, 0.717) is 40.4 Å². The molecule has 0 amide bonds. The number of hydrogen-bond acceptors (Lipinski definition) is 5. The Morgan fingerprint density at radius 1 is 1.19 bits per heavy atom. The molecule has 2 aromatic carbocycles. The Hall–Kier alpha value is -3.53. The SMILES string of the molecule is C[C@H](N)CCCc1cc(Cl)c(F)c(-c2cc3cn(-c4ccc([C@@H]5CCC[C@@H](CCCCC(=N)N)N5)cc4)c(=O)nc3[nH]2)c1. The maximum absolute atomic E-state index is 15.1. The molecule has 4 aromatic rings. The molecule has 0 bridgehead atoms. The molecule has 1 aliphatic rings. The number of piperidine rings is 1. The molecule has 228 valence electrons. The highest BCUT2D eigenvalue weighted by molar-refractivity contribution is 6.31. The summed E-state index contributed by atoms with van der Waals surface area (Å²) in [5.74, 6) is -0.252. The van der Waals surface area contributed by atoms with Crippen molar-refractivity contribution in [2.24, 2.45) is 11.5 Å². The van der Waals surface area contributed by atoms with Crippen LogP contribution in [0.2, 0.25) is 5.02 Å². The summed E-state index contributed by atoms with van der Waals surface area (Å²) in [6.07, 6.45) is 11.4. The van der Waals surface area contributed by atoms with Crippen LogP contribution in [0, 0.1) is 11.2 Å². The molecule has 3 heterocycles. The Labute approximate surface area is 256 Å². The van der Waals surface area contributed by atoms with E-state index in [2.05, 4.69) is 27.4 Å². The number of hydrogen-bond donors (Lipinski definition) is 5. The maximum atomic E-state index is 15.1. The summed E-state index contributed by atoms with van der Waals surface area (Å²) < 4.78 is 16.6. The summed E-state index contributed by atoms with van der Waals surface area (Å²) in [5.41, 5.74) is 15.0. The second-order valence-electron chi connectivity index (χ2n) is 11.9. The fourth-order valence-corrected chi connectivity index (χ4v) is 6.26. The predicted molar refractivity (Wildman–Crippen MR) is 173 cm³/mol. The lowest BCUT2D eigenvalue weighted by molar-refractivity contribution is 0.307. The third kappa shape index (κ3) is 7.71. The Kier molecular flexibility index (Phi) is 9.95. The van der Waals surface area contributed by atoms with Crippen LogP contribution in [0.5, 0.6) is 0 Å². The first-order valence-electron chi connectivity index (χ1n) is 15.2. The van der Waals surface area contributed by atoms with Crippen LogP contribution in [-0.2, 0) is 6.42 Å². The molecule has 43 heavy (non-hydrogen) atoms. The molecule has 8 nitrogen and oxygen atoms in total. The van der Waals surface area contributed by atoms with Crippen LogP contribution in [0.15, 0.2) is 53.5 Å². The molecular weight excluding hydrogens is 565 g/mol. The van der Waals surface area contributed by atoms with Crippen LogP contribution in [0.1, 0.15) is 81.9 Å². The average Bonchev–Trinajstić information content (AvgIpc) is 3.39. The highest BCUT2D eigenvalue weighted by Gasteiger charge is 2.22. The molecule has 3 atom stereocenters. The molecule has 7 N–H and O–H groups in total. The zero-order valence-corrected chi connectivity index (χ0v) is 25.4. The number of aromatic nitrogens is 3. The number of nitrogens with two attached hydrogens (primary N) is 2. The fraction of sp³-hybridized carbons (Fsp3) is 0.424. The Balaban J connectivity index is 1.32. The Morgan fingerprint density at radius 2 is 1.98 bits per heavy atom. The molecule has 0 aliphatic carbocycles. The standard InChI is InChI=1S/C33H41ClFN7O/c1-20(36)6-4-7-21-16-26(31(35)27(34)17-21)29-18-23-19-42(33(43)41-32(23)40-29)25-14-12-22(13-15-25)28-10-5-9-24(39-28)8-2-3-11-30(37)38/h12-20,24,28,39H,2-11,36H2,1H3,(H3,37,38)(H,40,41,43)/t20-,24+,28-/m0/s1. The van der Waals surface area contributed by atoms with Crippen LogP contribution in [-0.4, -0.2) is 32.5 Å². The van der Waals surface area contributed by atoms with E-state index in [1.54, 1.807) is 24.4 Å². The first-order valence-corrected chi connectivity index (χ1v) is 15.6. The van der Waals surface area contributed by atoms with E-state index >= 15 is 4.39 Å². The van der Waals surface area contributed by atoms with Crippen molar-refractivity contribution in [1.29, 1.82) is 5.41 Å². The van der Waals surface area contributed by atoms with Gasteiger partial charge in [0, 0.05) is 41.7 Å². The van der Waals surface area contributed by atoms with Gasteiger partial charge in [-0.25, -0.2) is 9.18 Å². The maximum Gasteiger partial charge on any atom is 0.354 e. The number of amidine groups is 1. The number of aryl methyl sites for hydroxylation is 1. The molecule has 1 saturated heterocycles. The normalized spacial score (nSPS) is 17.8. The first kappa shape index (κ1) is 30.9. The van der Waals surface area contributed by atoms with Crippen LogP contribution < -0.4 is 22.5 Å². The zero-order valence-electron chi connectivity index (χ0n) is 24.6. The largest absolute Gasteiger partial charge is 0.388 e. The fourth-order valence-electron chi connectivity index (χ4n) is 6.02. The lowest BCUT2D eigenvalue weighted by atomic mass is 9.91. The van der Waals surface area contributed by atoms with Crippen molar-refractivity contribution in [2.45, 2.75) is 89.3 Å². The van der Waals surface area contributed by atoms with Gasteiger partial charge in [0.05, 0.1) is 22.2 Å². The van der Waals surface area contributed by atoms with Gasteiger partial charge in [0.25, 0.3) is 0 Å². The molecule has 0 unspecified atom stereocenters. The summed E-state index contributed by atoms with van der Waals surface area (Å²) in [7, 11) is 0. The first-order chi connectivity index (χ1) is 20.7. The number of aromatic amines is 1. The van der Waals surface area contributed by atoms with Crippen LogP contribution in [0.3, 0.4) is 0 Å². The van der Waals surface area contributed by atoms with Gasteiger partial charge >= 0.3 is 5.69 Å². The van der Waals surface area contributed by atoms with Crippen molar-refractivity contribution in [3.05, 3.63) is 81.1 Å². The van der Waals surface area contributed by atoms with Crippen molar-refractivity contribution in [3.8, 4) is 16.9 Å².